The van der Waals surface area contributed by atoms with Crippen molar-refractivity contribution in [2.24, 2.45) is 11.8 Å². The molecule has 0 radical (unpaired) electrons. The average molecular weight is 515 g/mol. The smallest absolute Gasteiger partial charge is 0.225 e. The zero-order valence-corrected chi connectivity index (χ0v) is 21.8. The second-order valence-corrected chi connectivity index (χ2v) is 11.1. The topological polar surface area (TPSA) is 146 Å². The van der Waals surface area contributed by atoms with Gasteiger partial charge in [0.2, 0.25) is 5.95 Å². The van der Waals surface area contributed by atoms with E-state index in [-0.39, 0.29) is 12.6 Å². The first-order chi connectivity index (χ1) is 17.3. The number of nitrogens with one attached hydrogen (secondary N) is 2. The van der Waals surface area contributed by atoms with Crippen molar-refractivity contribution in [3.05, 3.63) is 23.7 Å². The van der Waals surface area contributed by atoms with E-state index < -0.39 is 24.2 Å². The van der Waals surface area contributed by atoms with Crippen LogP contribution in [0.15, 0.2) is 12.3 Å². The van der Waals surface area contributed by atoms with Crippen LogP contribution in [0.2, 0.25) is 0 Å². The fourth-order valence-corrected chi connectivity index (χ4v) is 6.35. The van der Waals surface area contributed by atoms with Gasteiger partial charge < -0.3 is 30.7 Å². The average Bonchev–Trinajstić information content (AvgIpc) is 3.35. The van der Waals surface area contributed by atoms with E-state index in [0.717, 1.165) is 45.0 Å². The number of aryl methyl sites for hydroxylation is 2. The van der Waals surface area contributed by atoms with Crippen LogP contribution >= 0.6 is 11.3 Å². The molecule has 10 nitrogen and oxygen atoms in total. The van der Waals surface area contributed by atoms with E-state index in [2.05, 4.69) is 22.5 Å². The molecule has 0 aliphatic heterocycles. The van der Waals surface area contributed by atoms with Gasteiger partial charge in [0.1, 0.15) is 22.4 Å². The van der Waals surface area contributed by atoms with Gasteiger partial charge in [-0.05, 0) is 52.0 Å². The molecule has 3 aromatic heterocycles. The Hall–Kier alpha value is -2.44. The van der Waals surface area contributed by atoms with Crippen LogP contribution in [0.25, 0.3) is 20.8 Å². The second kappa shape index (κ2) is 10.1. The number of aromatic nitrogens is 4. The number of aliphatic hydroxyl groups excluding tert-OH is 3. The van der Waals surface area contributed by atoms with Crippen molar-refractivity contribution in [1.29, 1.82) is 0 Å². The molecule has 194 valence electrons. The molecule has 11 heteroatoms. The quantitative estimate of drug-likeness (QED) is 0.304. The van der Waals surface area contributed by atoms with Crippen molar-refractivity contribution < 1.29 is 20.1 Å². The van der Waals surface area contributed by atoms with Gasteiger partial charge in [-0.25, -0.2) is 9.97 Å². The van der Waals surface area contributed by atoms with Crippen LogP contribution in [0.5, 0.6) is 0 Å². The van der Waals surface area contributed by atoms with E-state index in [1.807, 2.05) is 19.9 Å². The molecule has 0 unspecified atom stereocenters. The number of aliphatic hydroxyl groups is 3. The number of pyridine rings is 1. The van der Waals surface area contributed by atoms with Crippen molar-refractivity contribution in [2.75, 3.05) is 24.4 Å². The molecule has 36 heavy (non-hydrogen) atoms. The van der Waals surface area contributed by atoms with Crippen LogP contribution < -0.4 is 10.6 Å². The van der Waals surface area contributed by atoms with Crippen molar-refractivity contribution in [1.82, 2.24) is 19.9 Å². The van der Waals surface area contributed by atoms with E-state index in [4.69, 9.17) is 19.7 Å². The van der Waals surface area contributed by atoms with Gasteiger partial charge in [-0.1, -0.05) is 0 Å². The summed E-state index contributed by atoms with van der Waals surface area (Å²) < 4.78 is 6.44. The predicted octanol–water partition coefficient (Wildman–Crippen LogP) is 2.51. The summed E-state index contributed by atoms with van der Waals surface area (Å²) in [6.07, 6.45) is 2.48. The molecule has 0 saturated heterocycles. The molecule has 5 atom stereocenters. The van der Waals surface area contributed by atoms with Crippen molar-refractivity contribution >= 4 is 33.3 Å². The molecule has 0 bridgehead atoms. The number of thiazole rings is 1. The van der Waals surface area contributed by atoms with Gasteiger partial charge in [0.15, 0.2) is 0 Å². The van der Waals surface area contributed by atoms with E-state index in [1.54, 1.807) is 24.6 Å². The van der Waals surface area contributed by atoms with Crippen LogP contribution in [0, 0.1) is 25.7 Å². The standard InChI is InChI=1S/C25H34N6O4S/c1-11(14-7-16(8-14)35-4)27-25-28-12(2)19(24-30-20-13(3)26-6-5-18(20)36-24)23(31-25)29-17-9-15(10-32)21(33)22(17)34/h5-6,11,14-17,21-22,32-34H,7-10H2,1-4H3,(H2,27,28,29,31)/t11-,14?,15-,16?,17-,21-,22+/m1/s1. The van der Waals surface area contributed by atoms with E-state index in [1.165, 1.54) is 0 Å². The van der Waals surface area contributed by atoms with Gasteiger partial charge in [0.25, 0.3) is 0 Å². The van der Waals surface area contributed by atoms with Gasteiger partial charge in [0, 0.05) is 31.9 Å². The zero-order valence-electron chi connectivity index (χ0n) is 21.0. The lowest BCUT2D eigenvalue weighted by atomic mass is 9.78. The van der Waals surface area contributed by atoms with E-state index in [9.17, 15) is 15.3 Å². The molecule has 2 aliphatic rings. The maximum Gasteiger partial charge on any atom is 0.225 e. The van der Waals surface area contributed by atoms with E-state index >= 15 is 0 Å². The lowest BCUT2D eigenvalue weighted by Gasteiger charge is -2.38. The maximum atomic E-state index is 10.7. The molecule has 5 rings (SSSR count). The Morgan fingerprint density at radius 2 is 1.89 bits per heavy atom. The number of fused-ring (bicyclic) bond motifs is 1. The molecule has 0 spiro atoms. The van der Waals surface area contributed by atoms with E-state index in [0.29, 0.717) is 30.2 Å². The fourth-order valence-electron chi connectivity index (χ4n) is 5.24. The summed E-state index contributed by atoms with van der Waals surface area (Å²) in [6.45, 7) is 5.80. The number of anilines is 2. The molecule has 0 amide bonds. The number of nitrogens with zero attached hydrogens (tertiary/aromatic N) is 4. The van der Waals surface area contributed by atoms with Gasteiger partial charge in [-0.15, -0.1) is 11.3 Å². The molecular weight excluding hydrogens is 480 g/mol. The van der Waals surface area contributed by atoms with Crippen molar-refractivity contribution in [3.8, 4) is 10.6 Å². The van der Waals surface area contributed by atoms with Gasteiger partial charge >= 0.3 is 0 Å². The van der Waals surface area contributed by atoms with Crippen molar-refractivity contribution in [3.63, 3.8) is 0 Å². The first-order valence-electron chi connectivity index (χ1n) is 12.4. The minimum absolute atomic E-state index is 0.170. The molecule has 2 fully saturated rings. The minimum Gasteiger partial charge on any atom is -0.396 e. The highest BCUT2D eigenvalue weighted by atomic mass is 32.1. The molecule has 0 aromatic carbocycles. The Morgan fingerprint density at radius 1 is 1.11 bits per heavy atom. The third-order valence-electron chi connectivity index (χ3n) is 7.68. The fraction of sp³-hybridized carbons (Fsp3) is 0.600. The molecule has 2 saturated carbocycles. The highest BCUT2D eigenvalue weighted by Gasteiger charge is 2.42. The van der Waals surface area contributed by atoms with Crippen LogP contribution in [0.1, 0.15) is 37.6 Å². The SMILES string of the molecule is COC1CC([C@@H](C)Nc2nc(C)c(-c3nc4c(C)nccc4s3)c(N[C@@H]3C[C@H](CO)[C@@H](O)[C@H]3O)n2)C1. The third-order valence-corrected chi connectivity index (χ3v) is 8.72. The summed E-state index contributed by atoms with van der Waals surface area (Å²) in [5.41, 5.74) is 3.20. The highest BCUT2D eigenvalue weighted by molar-refractivity contribution is 7.21. The van der Waals surface area contributed by atoms with Crippen LogP contribution in [0.4, 0.5) is 11.8 Å². The lowest BCUT2D eigenvalue weighted by Crippen LogP contribution is -2.40. The summed E-state index contributed by atoms with van der Waals surface area (Å²) in [5, 5.41) is 38.2. The second-order valence-electron chi connectivity index (χ2n) is 10.1. The van der Waals surface area contributed by atoms with Gasteiger partial charge in [-0.2, -0.15) is 4.98 Å². The lowest BCUT2D eigenvalue weighted by molar-refractivity contribution is -0.00343. The first kappa shape index (κ1) is 25.2. The Balaban J connectivity index is 1.50. The predicted molar refractivity (Wildman–Crippen MR) is 139 cm³/mol. The summed E-state index contributed by atoms with van der Waals surface area (Å²) in [6, 6.07) is 1.64. The molecular formula is C25H34N6O4S. The number of hydrogen-bond acceptors (Lipinski definition) is 11. The minimum atomic E-state index is -1.02. The summed E-state index contributed by atoms with van der Waals surface area (Å²) >= 11 is 1.54. The normalized spacial score (nSPS) is 28.8. The van der Waals surface area contributed by atoms with Crippen LogP contribution in [0.3, 0.4) is 0 Å². The molecule has 5 N–H and O–H groups in total. The Bertz CT molecular complexity index is 1230. The number of hydrogen-bond donors (Lipinski definition) is 5. The Kier molecular flexibility index (Phi) is 7.10. The number of methoxy groups -OCH3 is 1. The Morgan fingerprint density at radius 3 is 2.56 bits per heavy atom. The summed E-state index contributed by atoms with van der Waals surface area (Å²) in [4.78, 5) is 18.8. The number of ether oxygens (including phenoxy) is 1. The first-order valence-corrected chi connectivity index (χ1v) is 13.2. The van der Waals surface area contributed by atoms with Crippen LogP contribution in [-0.2, 0) is 4.74 Å². The summed E-state index contributed by atoms with van der Waals surface area (Å²) in [5.74, 6) is 1.12. The monoisotopic (exact) mass is 514 g/mol. The number of rotatable bonds is 8. The van der Waals surface area contributed by atoms with Gasteiger partial charge in [0.05, 0.1) is 39.9 Å². The highest BCUT2D eigenvalue weighted by Crippen LogP contribution is 2.39. The largest absolute Gasteiger partial charge is 0.396 e. The summed E-state index contributed by atoms with van der Waals surface area (Å²) in [7, 11) is 1.75. The molecule has 3 heterocycles. The van der Waals surface area contributed by atoms with Crippen molar-refractivity contribution in [2.45, 2.75) is 70.4 Å². The maximum absolute atomic E-state index is 10.7. The molecule has 2 aliphatic carbocycles. The molecule has 3 aromatic rings. The van der Waals surface area contributed by atoms with Crippen LogP contribution in [-0.4, -0.2) is 79.4 Å². The zero-order chi connectivity index (χ0) is 25.6. The van der Waals surface area contributed by atoms with Gasteiger partial charge in [-0.3, -0.25) is 4.98 Å². The third kappa shape index (κ3) is 4.66. The Labute approximate surface area is 214 Å².